The number of ether oxygens (including phenoxy) is 2. The van der Waals surface area contributed by atoms with E-state index in [0.29, 0.717) is 23.7 Å². The van der Waals surface area contributed by atoms with Gasteiger partial charge in [0.25, 0.3) is 0 Å². The molecule has 0 spiro atoms. The SMILES string of the molecule is CCCCOc1ccc2c(c1F)OC(F)(F)C(c1ccc(C3(C(C)CCC)CCCCC3)cc1)C2. The number of halogens is 3. The van der Waals surface area contributed by atoms with Crippen LogP contribution in [0.2, 0.25) is 0 Å². The molecule has 35 heavy (non-hydrogen) atoms. The lowest BCUT2D eigenvalue weighted by Gasteiger charge is -2.43. The summed E-state index contributed by atoms with van der Waals surface area (Å²) in [5.41, 5.74) is 2.37. The summed E-state index contributed by atoms with van der Waals surface area (Å²) in [7, 11) is 0. The number of hydrogen-bond acceptors (Lipinski definition) is 2. The van der Waals surface area contributed by atoms with Crippen molar-refractivity contribution in [3.63, 3.8) is 0 Å². The van der Waals surface area contributed by atoms with Crippen molar-refractivity contribution < 1.29 is 22.6 Å². The summed E-state index contributed by atoms with van der Waals surface area (Å²) < 4.78 is 55.7. The van der Waals surface area contributed by atoms with Crippen molar-refractivity contribution in [2.75, 3.05) is 6.61 Å². The van der Waals surface area contributed by atoms with Gasteiger partial charge in [-0.1, -0.05) is 89.6 Å². The Morgan fingerprint density at radius 3 is 2.37 bits per heavy atom. The summed E-state index contributed by atoms with van der Waals surface area (Å²) in [5, 5.41) is 0. The highest BCUT2D eigenvalue weighted by Crippen LogP contribution is 2.49. The molecule has 2 aromatic carbocycles. The van der Waals surface area contributed by atoms with E-state index in [-0.39, 0.29) is 23.3 Å². The van der Waals surface area contributed by atoms with Gasteiger partial charge in [-0.2, -0.15) is 13.2 Å². The van der Waals surface area contributed by atoms with E-state index in [1.165, 1.54) is 37.3 Å². The Kier molecular flexibility index (Phi) is 8.02. The number of hydrogen-bond donors (Lipinski definition) is 0. The highest BCUT2D eigenvalue weighted by Gasteiger charge is 2.48. The van der Waals surface area contributed by atoms with Crippen LogP contribution in [0.15, 0.2) is 36.4 Å². The second kappa shape index (κ2) is 10.8. The van der Waals surface area contributed by atoms with Gasteiger partial charge in [0.15, 0.2) is 11.5 Å². The van der Waals surface area contributed by atoms with E-state index in [1.807, 2.05) is 19.1 Å². The van der Waals surface area contributed by atoms with Gasteiger partial charge >= 0.3 is 6.11 Å². The lowest BCUT2D eigenvalue weighted by atomic mass is 9.61. The molecule has 0 saturated heterocycles. The zero-order chi connectivity index (χ0) is 25.1. The van der Waals surface area contributed by atoms with Gasteiger partial charge in [0.1, 0.15) is 0 Å². The van der Waals surface area contributed by atoms with Crippen molar-refractivity contribution in [3.8, 4) is 11.5 Å². The van der Waals surface area contributed by atoms with Crippen LogP contribution in [0.25, 0.3) is 0 Å². The van der Waals surface area contributed by atoms with Crippen LogP contribution in [-0.2, 0) is 11.8 Å². The predicted molar refractivity (Wildman–Crippen MR) is 134 cm³/mol. The van der Waals surface area contributed by atoms with Crippen molar-refractivity contribution in [1.29, 1.82) is 0 Å². The molecule has 0 radical (unpaired) electrons. The molecule has 1 aliphatic heterocycles. The minimum atomic E-state index is -3.50. The van der Waals surface area contributed by atoms with E-state index in [4.69, 9.17) is 9.47 Å². The third-order valence-corrected chi connectivity index (χ3v) is 8.27. The van der Waals surface area contributed by atoms with Gasteiger partial charge in [0, 0.05) is 0 Å². The highest BCUT2D eigenvalue weighted by molar-refractivity contribution is 5.46. The van der Waals surface area contributed by atoms with Gasteiger partial charge in [-0.25, -0.2) is 0 Å². The molecule has 2 atom stereocenters. The molecular weight excluding hydrogens is 449 g/mol. The monoisotopic (exact) mass is 488 g/mol. The maximum atomic E-state index is 15.2. The fraction of sp³-hybridized carbons (Fsp3) is 0.600. The molecule has 1 heterocycles. The lowest BCUT2D eigenvalue weighted by Crippen LogP contribution is -2.39. The summed E-state index contributed by atoms with van der Waals surface area (Å²) in [4.78, 5) is 0. The molecule has 5 heteroatoms. The van der Waals surface area contributed by atoms with Gasteiger partial charge in [-0.05, 0) is 59.8 Å². The van der Waals surface area contributed by atoms with E-state index in [2.05, 4.69) is 26.0 Å². The minimum absolute atomic E-state index is 0.0191. The van der Waals surface area contributed by atoms with Crippen molar-refractivity contribution in [1.82, 2.24) is 0 Å². The average molecular weight is 489 g/mol. The van der Waals surface area contributed by atoms with Crippen molar-refractivity contribution in [2.45, 2.75) is 102 Å². The number of fused-ring (bicyclic) bond motifs is 1. The molecule has 0 N–H and O–H groups in total. The van der Waals surface area contributed by atoms with Crippen LogP contribution in [-0.4, -0.2) is 12.7 Å². The quantitative estimate of drug-likeness (QED) is 0.328. The van der Waals surface area contributed by atoms with E-state index >= 15 is 8.78 Å². The van der Waals surface area contributed by atoms with E-state index in [0.717, 1.165) is 32.1 Å². The van der Waals surface area contributed by atoms with E-state index in [1.54, 1.807) is 6.07 Å². The van der Waals surface area contributed by atoms with Crippen LogP contribution < -0.4 is 9.47 Å². The van der Waals surface area contributed by atoms with Crippen molar-refractivity contribution in [2.24, 2.45) is 5.92 Å². The number of rotatable bonds is 9. The Morgan fingerprint density at radius 1 is 1.00 bits per heavy atom. The first-order chi connectivity index (χ1) is 16.8. The van der Waals surface area contributed by atoms with Crippen molar-refractivity contribution in [3.05, 3.63) is 58.9 Å². The van der Waals surface area contributed by atoms with Crippen LogP contribution >= 0.6 is 0 Å². The van der Waals surface area contributed by atoms with Gasteiger partial charge in [-0.3, -0.25) is 0 Å². The largest absolute Gasteiger partial charge is 0.490 e. The fourth-order valence-electron chi connectivity index (χ4n) is 6.15. The third-order valence-electron chi connectivity index (χ3n) is 8.27. The first-order valence-corrected chi connectivity index (χ1v) is 13.4. The minimum Gasteiger partial charge on any atom is -0.490 e. The standard InChI is InChI=1S/C30H39F3O2/c1-4-6-19-34-26-16-13-23-20-25(30(32,33)35-28(23)27(26)31)22-11-14-24(15-12-22)29(21(3)10-5-2)17-8-7-9-18-29/h11-16,21,25H,4-10,17-20H2,1-3H3. The Bertz CT molecular complexity index is 980. The Balaban J connectivity index is 1.58. The fourth-order valence-corrected chi connectivity index (χ4v) is 6.15. The first-order valence-electron chi connectivity index (χ1n) is 13.4. The Labute approximate surface area is 208 Å². The Morgan fingerprint density at radius 2 is 1.71 bits per heavy atom. The molecule has 0 amide bonds. The van der Waals surface area contributed by atoms with Crippen LogP contribution in [0.1, 0.15) is 101 Å². The smallest absolute Gasteiger partial charge is 0.405 e. The molecule has 0 aromatic heterocycles. The topological polar surface area (TPSA) is 18.5 Å². The number of unbranched alkanes of at least 4 members (excludes halogenated alkanes) is 1. The van der Waals surface area contributed by atoms with Crippen LogP contribution in [0.4, 0.5) is 13.2 Å². The Hall–Kier alpha value is -2.17. The van der Waals surface area contributed by atoms with Gasteiger partial charge < -0.3 is 9.47 Å². The van der Waals surface area contributed by atoms with Gasteiger partial charge in [-0.15, -0.1) is 0 Å². The average Bonchev–Trinajstić information content (AvgIpc) is 2.86. The van der Waals surface area contributed by atoms with Crippen molar-refractivity contribution >= 4 is 0 Å². The highest BCUT2D eigenvalue weighted by atomic mass is 19.3. The molecule has 2 unspecified atom stereocenters. The van der Waals surface area contributed by atoms with Gasteiger partial charge in [0.05, 0.1) is 12.5 Å². The second-order valence-electron chi connectivity index (χ2n) is 10.5. The molecule has 1 fully saturated rings. The number of benzene rings is 2. The maximum absolute atomic E-state index is 15.2. The maximum Gasteiger partial charge on any atom is 0.405 e. The number of alkyl halides is 2. The summed E-state index contributed by atoms with van der Waals surface area (Å²) in [6.07, 6.45) is 6.53. The molecular formula is C30H39F3O2. The summed E-state index contributed by atoms with van der Waals surface area (Å²) in [6.45, 7) is 6.92. The molecule has 1 aliphatic carbocycles. The first kappa shape index (κ1) is 25.9. The molecule has 2 aliphatic rings. The lowest BCUT2D eigenvalue weighted by molar-refractivity contribution is -0.203. The van der Waals surface area contributed by atoms with Gasteiger partial charge in [0.2, 0.25) is 5.82 Å². The zero-order valence-electron chi connectivity index (χ0n) is 21.3. The summed E-state index contributed by atoms with van der Waals surface area (Å²) >= 11 is 0. The van der Waals surface area contributed by atoms with E-state index < -0.39 is 17.8 Å². The van der Waals surface area contributed by atoms with Crippen LogP contribution in [0.5, 0.6) is 11.5 Å². The summed E-state index contributed by atoms with van der Waals surface area (Å²) in [5.74, 6) is -1.86. The van der Waals surface area contributed by atoms with Crippen LogP contribution in [0, 0.1) is 11.7 Å². The normalized spacial score (nSPS) is 21.6. The molecule has 0 bridgehead atoms. The zero-order valence-corrected chi connectivity index (χ0v) is 21.3. The predicted octanol–water partition coefficient (Wildman–Crippen LogP) is 8.95. The molecule has 1 saturated carbocycles. The molecule has 2 nitrogen and oxygen atoms in total. The molecule has 4 rings (SSSR count). The van der Waals surface area contributed by atoms with E-state index in [9.17, 15) is 4.39 Å². The molecule has 2 aromatic rings. The third kappa shape index (κ3) is 5.20. The summed E-state index contributed by atoms with van der Waals surface area (Å²) in [6, 6.07) is 11.0. The molecule has 192 valence electrons. The second-order valence-corrected chi connectivity index (χ2v) is 10.5. The van der Waals surface area contributed by atoms with Crippen LogP contribution in [0.3, 0.4) is 0 Å².